The van der Waals surface area contributed by atoms with Crippen LogP contribution in [0.1, 0.15) is 5.56 Å². The Morgan fingerprint density at radius 2 is 1.24 bits per heavy atom. The number of phenols is 1. The molecule has 0 heterocycles. The third kappa shape index (κ3) is 3.67. The topological polar surface area (TPSA) is 20.2 Å². The SMILES string of the molecule is Oc1ccc(-c2ccc(SCc3ccccc3)cc2)cc1. The van der Waals surface area contributed by atoms with Gasteiger partial charge in [-0.2, -0.15) is 0 Å². The van der Waals surface area contributed by atoms with E-state index in [1.54, 1.807) is 12.1 Å². The average molecular weight is 292 g/mol. The van der Waals surface area contributed by atoms with E-state index in [1.165, 1.54) is 16.0 Å². The first kappa shape index (κ1) is 13.8. The Kier molecular flexibility index (Phi) is 4.27. The number of rotatable bonds is 4. The summed E-state index contributed by atoms with van der Waals surface area (Å²) in [7, 11) is 0. The highest BCUT2D eigenvalue weighted by Gasteiger charge is 2.00. The molecule has 2 heteroatoms. The fourth-order valence-corrected chi connectivity index (χ4v) is 2.99. The van der Waals surface area contributed by atoms with Crippen molar-refractivity contribution in [2.45, 2.75) is 10.6 Å². The first-order valence-corrected chi connectivity index (χ1v) is 7.86. The zero-order valence-corrected chi connectivity index (χ0v) is 12.4. The first-order valence-electron chi connectivity index (χ1n) is 6.87. The Hall–Kier alpha value is -2.19. The molecular weight excluding hydrogens is 276 g/mol. The van der Waals surface area contributed by atoms with Crippen LogP contribution in [0, 0.1) is 0 Å². The van der Waals surface area contributed by atoms with Crippen molar-refractivity contribution in [3.05, 3.63) is 84.4 Å². The standard InChI is InChI=1S/C19H16OS/c20-18-10-6-16(7-11-18)17-8-12-19(13-9-17)21-14-15-4-2-1-3-5-15/h1-13,20H,14H2. The normalized spacial score (nSPS) is 10.5. The number of benzene rings is 3. The van der Waals surface area contributed by atoms with E-state index in [-0.39, 0.29) is 0 Å². The minimum Gasteiger partial charge on any atom is -0.508 e. The van der Waals surface area contributed by atoms with E-state index in [0.29, 0.717) is 5.75 Å². The summed E-state index contributed by atoms with van der Waals surface area (Å²) in [4.78, 5) is 1.27. The van der Waals surface area contributed by atoms with Gasteiger partial charge in [-0.3, -0.25) is 0 Å². The molecule has 0 aliphatic rings. The first-order chi connectivity index (χ1) is 10.3. The maximum absolute atomic E-state index is 9.32. The second-order valence-corrected chi connectivity index (χ2v) is 5.89. The zero-order valence-electron chi connectivity index (χ0n) is 11.6. The molecule has 1 nitrogen and oxygen atoms in total. The van der Waals surface area contributed by atoms with E-state index >= 15 is 0 Å². The zero-order chi connectivity index (χ0) is 14.5. The summed E-state index contributed by atoms with van der Waals surface area (Å²) < 4.78 is 0. The lowest BCUT2D eigenvalue weighted by atomic mass is 10.1. The molecule has 0 aliphatic carbocycles. The molecule has 0 bridgehead atoms. The Morgan fingerprint density at radius 3 is 1.86 bits per heavy atom. The van der Waals surface area contributed by atoms with Gasteiger partial charge in [0.05, 0.1) is 0 Å². The quantitative estimate of drug-likeness (QED) is 0.654. The fourth-order valence-electron chi connectivity index (χ4n) is 2.14. The van der Waals surface area contributed by atoms with Crippen LogP contribution in [-0.2, 0) is 5.75 Å². The van der Waals surface area contributed by atoms with Gasteiger partial charge in [-0.25, -0.2) is 0 Å². The van der Waals surface area contributed by atoms with Crippen LogP contribution in [0.3, 0.4) is 0 Å². The molecule has 0 amide bonds. The maximum atomic E-state index is 9.32. The Balaban J connectivity index is 1.68. The van der Waals surface area contributed by atoms with Crippen molar-refractivity contribution in [3.8, 4) is 16.9 Å². The highest BCUT2D eigenvalue weighted by Crippen LogP contribution is 2.27. The lowest BCUT2D eigenvalue weighted by Crippen LogP contribution is -1.81. The van der Waals surface area contributed by atoms with Gasteiger partial charge < -0.3 is 5.11 Å². The van der Waals surface area contributed by atoms with Gasteiger partial charge in [0.15, 0.2) is 0 Å². The van der Waals surface area contributed by atoms with Crippen molar-refractivity contribution in [2.75, 3.05) is 0 Å². The fraction of sp³-hybridized carbons (Fsp3) is 0.0526. The summed E-state index contributed by atoms with van der Waals surface area (Å²) in [6, 6.07) is 26.3. The van der Waals surface area contributed by atoms with Gasteiger partial charge in [-0.15, -0.1) is 11.8 Å². The second kappa shape index (κ2) is 6.51. The largest absolute Gasteiger partial charge is 0.508 e. The van der Waals surface area contributed by atoms with E-state index in [0.717, 1.165) is 11.3 Å². The van der Waals surface area contributed by atoms with Gasteiger partial charge >= 0.3 is 0 Å². The molecule has 0 unspecified atom stereocenters. The smallest absolute Gasteiger partial charge is 0.115 e. The van der Waals surface area contributed by atoms with Gasteiger partial charge in [-0.1, -0.05) is 54.6 Å². The Labute approximate surface area is 129 Å². The maximum Gasteiger partial charge on any atom is 0.115 e. The molecule has 0 atom stereocenters. The van der Waals surface area contributed by atoms with Crippen molar-refractivity contribution in [2.24, 2.45) is 0 Å². The van der Waals surface area contributed by atoms with Crippen LogP contribution in [0.15, 0.2) is 83.8 Å². The highest BCUT2D eigenvalue weighted by molar-refractivity contribution is 7.98. The number of hydrogen-bond donors (Lipinski definition) is 1. The van der Waals surface area contributed by atoms with Gasteiger partial charge in [0.25, 0.3) is 0 Å². The molecule has 104 valence electrons. The molecule has 3 aromatic carbocycles. The van der Waals surface area contributed by atoms with E-state index < -0.39 is 0 Å². The summed E-state index contributed by atoms with van der Waals surface area (Å²) in [5, 5.41) is 9.32. The molecular formula is C19H16OS. The van der Waals surface area contributed by atoms with Gasteiger partial charge in [-0.05, 0) is 41.0 Å². The van der Waals surface area contributed by atoms with Gasteiger partial charge in [0.1, 0.15) is 5.75 Å². The Morgan fingerprint density at radius 1 is 0.667 bits per heavy atom. The van der Waals surface area contributed by atoms with Crippen LogP contribution in [0.5, 0.6) is 5.75 Å². The third-order valence-electron chi connectivity index (χ3n) is 3.30. The molecule has 0 spiro atoms. The monoisotopic (exact) mass is 292 g/mol. The second-order valence-electron chi connectivity index (χ2n) is 4.85. The molecule has 0 radical (unpaired) electrons. The van der Waals surface area contributed by atoms with Crippen LogP contribution >= 0.6 is 11.8 Å². The average Bonchev–Trinajstić information content (AvgIpc) is 2.55. The number of thioether (sulfide) groups is 1. The van der Waals surface area contributed by atoms with Crippen LogP contribution in [0.2, 0.25) is 0 Å². The van der Waals surface area contributed by atoms with E-state index in [4.69, 9.17) is 0 Å². The van der Waals surface area contributed by atoms with Crippen LogP contribution in [0.4, 0.5) is 0 Å². The summed E-state index contributed by atoms with van der Waals surface area (Å²) in [5.74, 6) is 1.29. The van der Waals surface area contributed by atoms with Crippen molar-refractivity contribution in [1.82, 2.24) is 0 Å². The third-order valence-corrected chi connectivity index (χ3v) is 4.39. The van der Waals surface area contributed by atoms with E-state index in [1.807, 2.05) is 30.0 Å². The molecule has 1 N–H and O–H groups in total. The molecule has 0 aromatic heterocycles. The highest BCUT2D eigenvalue weighted by atomic mass is 32.2. The number of hydrogen-bond acceptors (Lipinski definition) is 2. The summed E-state index contributed by atoms with van der Waals surface area (Å²) in [5.41, 5.74) is 3.62. The van der Waals surface area contributed by atoms with Crippen LogP contribution in [0.25, 0.3) is 11.1 Å². The van der Waals surface area contributed by atoms with Crippen molar-refractivity contribution >= 4 is 11.8 Å². The summed E-state index contributed by atoms with van der Waals surface area (Å²) in [6.07, 6.45) is 0. The lowest BCUT2D eigenvalue weighted by Gasteiger charge is -2.05. The predicted octanol–water partition coefficient (Wildman–Crippen LogP) is 5.35. The Bertz CT molecular complexity index is 688. The minimum absolute atomic E-state index is 0.300. The van der Waals surface area contributed by atoms with E-state index in [9.17, 15) is 5.11 Å². The number of phenolic OH excluding ortho intramolecular Hbond substituents is 1. The molecule has 3 aromatic rings. The van der Waals surface area contributed by atoms with Crippen LogP contribution < -0.4 is 0 Å². The van der Waals surface area contributed by atoms with Crippen LogP contribution in [-0.4, -0.2) is 5.11 Å². The van der Waals surface area contributed by atoms with Crippen molar-refractivity contribution in [3.63, 3.8) is 0 Å². The molecule has 0 aliphatic heterocycles. The van der Waals surface area contributed by atoms with Crippen molar-refractivity contribution < 1.29 is 5.11 Å². The molecule has 3 rings (SSSR count). The summed E-state index contributed by atoms with van der Waals surface area (Å²) in [6.45, 7) is 0. The van der Waals surface area contributed by atoms with Gasteiger partial charge in [0.2, 0.25) is 0 Å². The molecule has 21 heavy (non-hydrogen) atoms. The summed E-state index contributed by atoms with van der Waals surface area (Å²) >= 11 is 1.84. The molecule has 0 fully saturated rings. The molecule has 0 saturated carbocycles. The minimum atomic E-state index is 0.300. The lowest BCUT2D eigenvalue weighted by molar-refractivity contribution is 0.475. The number of aromatic hydroxyl groups is 1. The van der Waals surface area contributed by atoms with Gasteiger partial charge in [0, 0.05) is 10.6 Å². The molecule has 0 saturated heterocycles. The van der Waals surface area contributed by atoms with Crippen molar-refractivity contribution in [1.29, 1.82) is 0 Å². The van der Waals surface area contributed by atoms with E-state index in [2.05, 4.69) is 48.5 Å². The predicted molar refractivity (Wildman–Crippen MR) is 89.5 cm³/mol.